The van der Waals surface area contributed by atoms with Gasteiger partial charge in [-0.05, 0) is 29.5 Å². The van der Waals surface area contributed by atoms with Gasteiger partial charge in [-0.2, -0.15) is 4.80 Å². The molecule has 2 aromatic carbocycles. The molecular formula is C17H13ClN6O2. The van der Waals surface area contributed by atoms with E-state index in [1.165, 1.54) is 4.80 Å². The monoisotopic (exact) mass is 368 g/mol. The number of benzene rings is 2. The Morgan fingerprint density at radius 1 is 1.08 bits per heavy atom. The van der Waals surface area contributed by atoms with Crippen molar-refractivity contribution >= 4 is 11.6 Å². The molecule has 0 atom stereocenters. The van der Waals surface area contributed by atoms with E-state index in [1.54, 1.807) is 13.2 Å². The van der Waals surface area contributed by atoms with Gasteiger partial charge in [-0.1, -0.05) is 35.9 Å². The highest BCUT2D eigenvalue weighted by Crippen LogP contribution is 2.26. The number of nitrogens with zero attached hydrogens (tertiary/aromatic N) is 6. The van der Waals surface area contributed by atoms with E-state index in [1.807, 2.05) is 42.5 Å². The van der Waals surface area contributed by atoms with Gasteiger partial charge >= 0.3 is 0 Å². The van der Waals surface area contributed by atoms with Crippen molar-refractivity contribution in [3.63, 3.8) is 0 Å². The van der Waals surface area contributed by atoms with Gasteiger partial charge in [0.05, 0.1) is 17.7 Å². The van der Waals surface area contributed by atoms with Crippen LogP contribution < -0.4 is 4.74 Å². The smallest absolute Gasteiger partial charge is 0.249 e. The van der Waals surface area contributed by atoms with Crippen LogP contribution in [0, 0.1) is 0 Å². The van der Waals surface area contributed by atoms with Crippen LogP contribution in [0.1, 0.15) is 5.89 Å². The second-order valence-corrected chi connectivity index (χ2v) is 5.76. The van der Waals surface area contributed by atoms with Crippen LogP contribution in [-0.2, 0) is 6.54 Å². The maximum atomic E-state index is 6.15. The minimum atomic E-state index is 0.203. The van der Waals surface area contributed by atoms with Gasteiger partial charge < -0.3 is 9.15 Å². The third kappa shape index (κ3) is 3.27. The number of aromatic nitrogens is 6. The summed E-state index contributed by atoms with van der Waals surface area (Å²) < 4.78 is 10.9. The molecule has 4 aromatic rings. The molecule has 2 heterocycles. The first kappa shape index (κ1) is 16.2. The summed E-state index contributed by atoms with van der Waals surface area (Å²) in [5.74, 6) is 1.91. The van der Waals surface area contributed by atoms with Gasteiger partial charge in [0.1, 0.15) is 12.3 Å². The molecule has 8 nitrogen and oxygen atoms in total. The molecule has 0 unspecified atom stereocenters. The van der Waals surface area contributed by atoms with Crippen LogP contribution in [0.5, 0.6) is 5.75 Å². The maximum absolute atomic E-state index is 6.15. The molecule has 2 aromatic heterocycles. The standard InChI is InChI=1S/C17H13ClN6O2/c1-25-12-6-4-5-11(9-12)16-20-23-24(22-16)10-15-19-21-17(26-15)13-7-2-3-8-14(13)18/h2-9H,10H2,1H3. The van der Waals surface area contributed by atoms with E-state index in [0.717, 1.165) is 11.3 Å². The van der Waals surface area contributed by atoms with Crippen molar-refractivity contribution in [1.29, 1.82) is 0 Å². The quantitative estimate of drug-likeness (QED) is 0.534. The Kier molecular flexibility index (Phi) is 4.32. The van der Waals surface area contributed by atoms with Gasteiger partial charge in [0, 0.05) is 5.56 Å². The molecule has 0 spiro atoms. The van der Waals surface area contributed by atoms with Crippen molar-refractivity contribution in [1.82, 2.24) is 30.4 Å². The van der Waals surface area contributed by atoms with Crippen molar-refractivity contribution in [2.45, 2.75) is 6.54 Å². The fourth-order valence-corrected chi connectivity index (χ4v) is 2.59. The fraction of sp³-hybridized carbons (Fsp3) is 0.118. The van der Waals surface area contributed by atoms with Crippen LogP contribution in [0.2, 0.25) is 5.02 Å². The number of hydrogen-bond acceptors (Lipinski definition) is 7. The number of halogens is 1. The highest BCUT2D eigenvalue weighted by atomic mass is 35.5. The first-order valence-corrected chi connectivity index (χ1v) is 8.10. The minimum Gasteiger partial charge on any atom is -0.497 e. The Bertz CT molecular complexity index is 1040. The molecule has 0 bridgehead atoms. The zero-order valence-electron chi connectivity index (χ0n) is 13.7. The molecule has 0 N–H and O–H groups in total. The first-order valence-electron chi connectivity index (χ1n) is 7.72. The highest BCUT2D eigenvalue weighted by Gasteiger charge is 2.14. The van der Waals surface area contributed by atoms with Crippen LogP contribution in [0.3, 0.4) is 0 Å². The molecule has 9 heteroatoms. The van der Waals surface area contributed by atoms with Crippen molar-refractivity contribution in [2.75, 3.05) is 7.11 Å². The molecule has 0 fully saturated rings. The zero-order valence-corrected chi connectivity index (χ0v) is 14.5. The molecule has 4 rings (SSSR count). The maximum Gasteiger partial charge on any atom is 0.249 e. The van der Waals surface area contributed by atoms with Gasteiger partial charge in [-0.25, -0.2) is 0 Å². The largest absolute Gasteiger partial charge is 0.497 e. The summed E-state index contributed by atoms with van der Waals surface area (Å²) in [5.41, 5.74) is 1.48. The van der Waals surface area contributed by atoms with E-state index in [9.17, 15) is 0 Å². The van der Waals surface area contributed by atoms with Crippen molar-refractivity contribution in [3.05, 3.63) is 59.4 Å². The Morgan fingerprint density at radius 3 is 2.81 bits per heavy atom. The zero-order chi connectivity index (χ0) is 17.9. The Balaban J connectivity index is 1.54. The summed E-state index contributed by atoms with van der Waals surface area (Å²) in [4.78, 5) is 1.39. The van der Waals surface area contributed by atoms with E-state index in [4.69, 9.17) is 20.8 Å². The number of hydrogen-bond donors (Lipinski definition) is 0. The van der Waals surface area contributed by atoms with Gasteiger partial charge in [0.25, 0.3) is 0 Å². The molecule has 0 radical (unpaired) electrons. The van der Waals surface area contributed by atoms with E-state index in [0.29, 0.717) is 28.2 Å². The lowest BCUT2D eigenvalue weighted by Crippen LogP contribution is -2.04. The minimum absolute atomic E-state index is 0.203. The van der Waals surface area contributed by atoms with E-state index >= 15 is 0 Å². The summed E-state index contributed by atoms with van der Waals surface area (Å²) in [6.07, 6.45) is 0. The van der Waals surface area contributed by atoms with Crippen LogP contribution in [0.15, 0.2) is 52.9 Å². The summed E-state index contributed by atoms with van der Waals surface area (Å²) in [6.45, 7) is 0.203. The molecule has 0 aliphatic rings. The molecular weight excluding hydrogens is 356 g/mol. The molecule has 0 aliphatic heterocycles. The van der Waals surface area contributed by atoms with E-state index in [2.05, 4.69) is 25.6 Å². The number of ether oxygens (including phenoxy) is 1. The lowest BCUT2D eigenvalue weighted by atomic mass is 10.2. The number of tetrazole rings is 1. The molecule has 0 saturated carbocycles. The van der Waals surface area contributed by atoms with Crippen molar-refractivity contribution < 1.29 is 9.15 Å². The third-order valence-electron chi connectivity index (χ3n) is 3.63. The molecule has 0 amide bonds. The SMILES string of the molecule is COc1cccc(-c2nnn(Cc3nnc(-c4ccccc4Cl)o3)n2)c1. The second-order valence-electron chi connectivity index (χ2n) is 5.36. The third-order valence-corrected chi connectivity index (χ3v) is 3.96. The fourth-order valence-electron chi connectivity index (χ4n) is 2.37. The van der Waals surface area contributed by atoms with Gasteiger partial charge in [-0.3, -0.25) is 0 Å². The normalized spacial score (nSPS) is 10.8. The Morgan fingerprint density at radius 2 is 1.96 bits per heavy atom. The predicted molar refractivity (Wildman–Crippen MR) is 93.7 cm³/mol. The Labute approximate surface area is 153 Å². The van der Waals surface area contributed by atoms with Gasteiger partial charge in [-0.15, -0.1) is 20.4 Å². The molecule has 0 saturated heterocycles. The predicted octanol–water partition coefficient (Wildman–Crippen LogP) is 3.10. The summed E-state index contributed by atoms with van der Waals surface area (Å²) in [5, 5.41) is 21.0. The second kappa shape index (κ2) is 6.93. The first-order chi connectivity index (χ1) is 12.7. The number of rotatable bonds is 5. The van der Waals surface area contributed by atoms with Crippen molar-refractivity contribution in [2.24, 2.45) is 0 Å². The van der Waals surface area contributed by atoms with Crippen LogP contribution in [-0.4, -0.2) is 37.5 Å². The van der Waals surface area contributed by atoms with Crippen LogP contribution >= 0.6 is 11.6 Å². The van der Waals surface area contributed by atoms with Crippen molar-refractivity contribution in [3.8, 4) is 28.6 Å². The topological polar surface area (TPSA) is 91.8 Å². The van der Waals surface area contributed by atoms with Gasteiger partial charge in [0.2, 0.25) is 17.6 Å². The number of methoxy groups -OCH3 is 1. The molecule has 0 aliphatic carbocycles. The van der Waals surface area contributed by atoms with E-state index < -0.39 is 0 Å². The van der Waals surface area contributed by atoms with Crippen LogP contribution in [0.4, 0.5) is 0 Å². The summed E-state index contributed by atoms with van der Waals surface area (Å²) in [6, 6.07) is 14.7. The average molecular weight is 369 g/mol. The lowest BCUT2D eigenvalue weighted by Gasteiger charge is -2.00. The Hall–Kier alpha value is -3.26. The summed E-state index contributed by atoms with van der Waals surface area (Å²) >= 11 is 6.15. The summed E-state index contributed by atoms with van der Waals surface area (Å²) in [7, 11) is 1.61. The van der Waals surface area contributed by atoms with E-state index in [-0.39, 0.29) is 6.54 Å². The molecule has 130 valence electrons. The average Bonchev–Trinajstić information content (AvgIpc) is 3.32. The highest BCUT2D eigenvalue weighted by molar-refractivity contribution is 6.33. The lowest BCUT2D eigenvalue weighted by molar-refractivity contribution is 0.415. The molecule has 26 heavy (non-hydrogen) atoms. The van der Waals surface area contributed by atoms with Crippen LogP contribution in [0.25, 0.3) is 22.8 Å². The van der Waals surface area contributed by atoms with Gasteiger partial charge in [0.15, 0.2) is 0 Å².